The van der Waals surface area contributed by atoms with E-state index in [-0.39, 0.29) is 11.7 Å². The molecule has 0 saturated heterocycles. The van der Waals surface area contributed by atoms with E-state index >= 15 is 0 Å². The van der Waals surface area contributed by atoms with Crippen LogP contribution in [0.15, 0.2) is 11.3 Å². The summed E-state index contributed by atoms with van der Waals surface area (Å²) in [5.74, 6) is 0.219. The normalized spacial score (nSPS) is 17.8. The lowest BCUT2D eigenvalue weighted by molar-refractivity contribution is -0.125. The highest BCUT2D eigenvalue weighted by atomic mass is 16.3. The summed E-state index contributed by atoms with van der Waals surface area (Å²) in [6, 6.07) is 0. The Morgan fingerprint density at radius 1 is 1.58 bits per heavy atom. The fourth-order valence-electron chi connectivity index (χ4n) is 1.26. The molecule has 12 heavy (non-hydrogen) atoms. The number of amides is 1. The molecule has 1 N–H and O–H groups in total. The highest BCUT2D eigenvalue weighted by Crippen LogP contribution is 2.16. The molecule has 0 unspecified atom stereocenters. The number of carbonyl (C=O) groups excluding carboxylic acids is 1. The van der Waals surface area contributed by atoms with Gasteiger partial charge in [-0.25, -0.2) is 0 Å². The van der Waals surface area contributed by atoms with Crippen molar-refractivity contribution in [3.05, 3.63) is 11.3 Å². The van der Waals surface area contributed by atoms with Gasteiger partial charge in [0.1, 0.15) is 5.76 Å². The van der Waals surface area contributed by atoms with E-state index in [9.17, 15) is 9.90 Å². The van der Waals surface area contributed by atoms with Gasteiger partial charge >= 0.3 is 0 Å². The number of aliphatic hydroxyl groups is 1. The number of hydrogen-bond donors (Lipinski definition) is 1. The fraction of sp³-hybridized carbons (Fsp3) is 0.667. The summed E-state index contributed by atoms with van der Waals surface area (Å²) in [7, 11) is 0. The van der Waals surface area contributed by atoms with E-state index in [1.165, 1.54) is 0 Å². The Bertz CT molecular complexity index is 221. The molecule has 0 spiro atoms. The zero-order valence-corrected chi connectivity index (χ0v) is 7.63. The van der Waals surface area contributed by atoms with Crippen molar-refractivity contribution in [2.45, 2.75) is 26.7 Å². The maximum atomic E-state index is 11.3. The number of unbranched alkanes of at least 4 members (excludes halogenated alkanes) is 1. The van der Waals surface area contributed by atoms with Gasteiger partial charge in [0.2, 0.25) is 0 Å². The van der Waals surface area contributed by atoms with Crippen LogP contribution in [0.4, 0.5) is 0 Å². The van der Waals surface area contributed by atoms with Crippen molar-refractivity contribution >= 4 is 5.91 Å². The summed E-state index contributed by atoms with van der Waals surface area (Å²) >= 11 is 0. The molecule has 0 aromatic heterocycles. The van der Waals surface area contributed by atoms with Crippen LogP contribution in [0.25, 0.3) is 0 Å². The Labute approximate surface area is 72.7 Å². The van der Waals surface area contributed by atoms with Crippen molar-refractivity contribution in [3.63, 3.8) is 0 Å². The molecule has 3 nitrogen and oxygen atoms in total. The SMILES string of the molecule is CCCCN1CC(O)=C(C)C1=O. The van der Waals surface area contributed by atoms with Gasteiger partial charge in [0.05, 0.1) is 12.1 Å². The van der Waals surface area contributed by atoms with Crippen LogP contribution in [0, 0.1) is 0 Å². The fourth-order valence-corrected chi connectivity index (χ4v) is 1.26. The summed E-state index contributed by atoms with van der Waals surface area (Å²) in [6.45, 7) is 4.92. The molecule has 0 bridgehead atoms. The largest absolute Gasteiger partial charge is 0.510 e. The van der Waals surface area contributed by atoms with Crippen molar-refractivity contribution < 1.29 is 9.90 Å². The lowest BCUT2D eigenvalue weighted by atomic mass is 10.3. The molecule has 0 atom stereocenters. The minimum absolute atomic E-state index is 0.0130. The molecule has 0 aliphatic carbocycles. The van der Waals surface area contributed by atoms with E-state index in [0.717, 1.165) is 19.4 Å². The summed E-state index contributed by atoms with van der Waals surface area (Å²) < 4.78 is 0. The van der Waals surface area contributed by atoms with Crippen molar-refractivity contribution in [1.29, 1.82) is 0 Å². The molecule has 1 amide bonds. The maximum absolute atomic E-state index is 11.3. The molecule has 0 saturated carbocycles. The first-order valence-corrected chi connectivity index (χ1v) is 4.34. The second-order valence-corrected chi connectivity index (χ2v) is 3.15. The van der Waals surface area contributed by atoms with E-state index in [2.05, 4.69) is 6.92 Å². The number of rotatable bonds is 3. The van der Waals surface area contributed by atoms with E-state index in [1.54, 1.807) is 11.8 Å². The highest BCUT2D eigenvalue weighted by molar-refractivity contribution is 5.95. The van der Waals surface area contributed by atoms with Crippen LogP contribution in [0.5, 0.6) is 0 Å². The van der Waals surface area contributed by atoms with Crippen LogP contribution in [0.1, 0.15) is 26.7 Å². The monoisotopic (exact) mass is 169 g/mol. The van der Waals surface area contributed by atoms with Gasteiger partial charge in [-0.05, 0) is 13.3 Å². The molecule has 1 heterocycles. The quantitative estimate of drug-likeness (QED) is 0.694. The minimum Gasteiger partial charge on any atom is -0.510 e. The van der Waals surface area contributed by atoms with Gasteiger partial charge in [0, 0.05) is 6.54 Å². The number of carbonyl (C=O) groups is 1. The molecular formula is C9H15NO2. The van der Waals surface area contributed by atoms with Crippen LogP contribution in [-0.4, -0.2) is 29.0 Å². The molecule has 3 heteroatoms. The van der Waals surface area contributed by atoms with E-state index in [0.29, 0.717) is 12.1 Å². The standard InChI is InChI=1S/C9H15NO2/c1-3-4-5-10-6-8(11)7(2)9(10)12/h11H,3-6H2,1-2H3. The van der Waals surface area contributed by atoms with Gasteiger partial charge in [-0.15, -0.1) is 0 Å². The first-order valence-electron chi connectivity index (χ1n) is 4.34. The average Bonchev–Trinajstić information content (AvgIpc) is 2.30. The highest BCUT2D eigenvalue weighted by Gasteiger charge is 2.25. The van der Waals surface area contributed by atoms with Crippen LogP contribution in [0.3, 0.4) is 0 Å². The summed E-state index contributed by atoms with van der Waals surface area (Å²) in [4.78, 5) is 13.0. The molecular weight excluding hydrogens is 154 g/mol. The minimum atomic E-state index is -0.0130. The van der Waals surface area contributed by atoms with Gasteiger partial charge < -0.3 is 10.0 Å². The summed E-state index contributed by atoms with van der Waals surface area (Å²) in [6.07, 6.45) is 2.08. The predicted octanol–water partition coefficient (Wildman–Crippen LogP) is 1.46. The molecule has 0 fully saturated rings. The van der Waals surface area contributed by atoms with Crippen LogP contribution in [-0.2, 0) is 4.79 Å². The topological polar surface area (TPSA) is 40.5 Å². The number of aliphatic hydroxyl groups excluding tert-OH is 1. The molecule has 1 aliphatic rings. The van der Waals surface area contributed by atoms with Gasteiger partial charge in [-0.1, -0.05) is 13.3 Å². The molecule has 68 valence electrons. The molecule has 1 aliphatic heterocycles. The Kier molecular flexibility index (Phi) is 2.74. The van der Waals surface area contributed by atoms with Crippen LogP contribution < -0.4 is 0 Å². The first kappa shape index (κ1) is 9.10. The first-order chi connectivity index (χ1) is 5.66. The summed E-state index contributed by atoms with van der Waals surface area (Å²) in [5.41, 5.74) is 0.506. The second-order valence-electron chi connectivity index (χ2n) is 3.15. The van der Waals surface area contributed by atoms with E-state index < -0.39 is 0 Å². The second kappa shape index (κ2) is 3.61. The smallest absolute Gasteiger partial charge is 0.253 e. The maximum Gasteiger partial charge on any atom is 0.253 e. The molecule has 0 aromatic rings. The third kappa shape index (κ3) is 1.60. The lowest BCUT2D eigenvalue weighted by Crippen LogP contribution is -2.27. The Morgan fingerprint density at radius 2 is 2.25 bits per heavy atom. The van der Waals surface area contributed by atoms with Gasteiger partial charge in [-0.2, -0.15) is 0 Å². The molecule has 0 radical (unpaired) electrons. The third-order valence-corrected chi connectivity index (χ3v) is 2.16. The van der Waals surface area contributed by atoms with Gasteiger partial charge in [0.15, 0.2) is 0 Å². The van der Waals surface area contributed by atoms with Crippen molar-refractivity contribution in [2.75, 3.05) is 13.1 Å². The average molecular weight is 169 g/mol. The Hall–Kier alpha value is -0.990. The number of hydrogen-bond acceptors (Lipinski definition) is 2. The molecule has 0 aromatic carbocycles. The Morgan fingerprint density at radius 3 is 2.67 bits per heavy atom. The number of nitrogens with zero attached hydrogens (tertiary/aromatic N) is 1. The Balaban J connectivity index is 2.49. The third-order valence-electron chi connectivity index (χ3n) is 2.16. The van der Waals surface area contributed by atoms with E-state index in [4.69, 9.17) is 0 Å². The zero-order valence-electron chi connectivity index (χ0n) is 7.63. The lowest BCUT2D eigenvalue weighted by Gasteiger charge is -2.14. The molecule has 1 rings (SSSR count). The van der Waals surface area contributed by atoms with Crippen molar-refractivity contribution in [3.8, 4) is 0 Å². The van der Waals surface area contributed by atoms with Crippen molar-refractivity contribution in [2.24, 2.45) is 0 Å². The van der Waals surface area contributed by atoms with Gasteiger partial charge in [0.25, 0.3) is 5.91 Å². The van der Waals surface area contributed by atoms with E-state index in [1.807, 2.05) is 0 Å². The van der Waals surface area contributed by atoms with Crippen molar-refractivity contribution in [1.82, 2.24) is 4.90 Å². The van der Waals surface area contributed by atoms with Gasteiger partial charge in [-0.3, -0.25) is 4.79 Å². The van der Waals surface area contributed by atoms with Crippen LogP contribution in [0.2, 0.25) is 0 Å². The van der Waals surface area contributed by atoms with Crippen LogP contribution >= 0.6 is 0 Å². The summed E-state index contributed by atoms with van der Waals surface area (Å²) in [5, 5.41) is 9.25. The predicted molar refractivity (Wildman–Crippen MR) is 46.8 cm³/mol. The zero-order chi connectivity index (χ0) is 9.14.